The number of methoxy groups -OCH3 is 1. The van der Waals surface area contributed by atoms with Gasteiger partial charge in [0.25, 0.3) is 0 Å². The molecule has 1 rings (SSSR count). The zero-order chi connectivity index (χ0) is 12.3. The van der Waals surface area contributed by atoms with Gasteiger partial charge in [-0.1, -0.05) is 6.07 Å². The minimum absolute atomic E-state index is 0.256. The number of benzene rings is 1. The average Bonchev–Trinajstić information content (AvgIpc) is 2.24. The normalized spacial score (nSPS) is 12.3. The molecule has 2 N–H and O–H groups in total. The van der Waals surface area contributed by atoms with Crippen LogP contribution in [-0.4, -0.2) is 13.1 Å². The van der Waals surface area contributed by atoms with Gasteiger partial charge in [0.15, 0.2) is 0 Å². The number of ether oxygens (including phenoxy) is 1. The molecule has 0 aromatic heterocycles. The van der Waals surface area contributed by atoms with Crippen molar-refractivity contribution in [1.82, 2.24) is 0 Å². The Labute approximate surface area is 92.2 Å². The van der Waals surface area contributed by atoms with Crippen molar-refractivity contribution < 1.29 is 18.3 Å². The van der Waals surface area contributed by atoms with E-state index in [1.165, 1.54) is 20.1 Å². The van der Waals surface area contributed by atoms with E-state index in [9.17, 15) is 13.6 Å². The summed E-state index contributed by atoms with van der Waals surface area (Å²) in [5, 5.41) is 0. The zero-order valence-corrected chi connectivity index (χ0v) is 9.09. The molecule has 88 valence electrons. The van der Waals surface area contributed by atoms with Crippen molar-refractivity contribution in [2.24, 2.45) is 5.73 Å². The maximum atomic E-state index is 13.6. The van der Waals surface area contributed by atoms with Crippen molar-refractivity contribution >= 4 is 5.97 Å². The Hall–Kier alpha value is -1.49. The fraction of sp³-hybridized carbons (Fsp3) is 0.364. The Balaban J connectivity index is 3.03. The lowest BCUT2D eigenvalue weighted by Crippen LogP contribution is -2.19. The first-order valence-electron chi connectivity index (χ1n) is 4.74. The quantitative estimate of drug-likeness (QED) is 0.804. The fourth-order valence-corrected chi connectivity index (χ4v) is 1.38. The predicted octanol–water partition coefficient (Wildman–Crippen LogP) is 1.84. The summed E-state index contributed by atoms with van der Waals surface area (Å²) < 4.78 is 31.3. The number of halogens is 2. The van der Waals surface area contributed by atoms with Crippen LogP contribution in [0.4, 0.5) is 8.78 Å². The van der Waals surface area contributed by atoms with Crippen LogP contribution < -0.4 is 5.73 Å². The van der Waals surface area contributed by atoms with E-state index in [1.807, 2.05) is 0 Å². The molecule has 0 heterocycles. The van der Waals surface area contributed by atoms with Crippen LogP contribution in [0.25, 0.3) is 0 Å². The molecule has 1 aromatic rings. The first kappa shape index (κ1) is 12.6. The molecule has 1 atom stereocenters. The summed E-state index contributed by atoms with van der Waals surface area (Å²) >= 11 is 0. The van der Waals surface area contributed by atoms with Crippen LogP contribution in [0.15, 0.2) is 12.1 Å². The summed E-state index contributed by atoms with van der Waals surface area (Å²) in [4.78, 5) is 11.0. The van der Waals surface area contributed by atoms with Crippen LogP contribution >= 0.6 is 0 Å². The van der Waals surface area contributed by atoms with Crippen LogP contribution in [0.3, 0.4) is 0 Å². The highest BCUT2D eigenvalue weighted by Crippen LogP contribution is 2.23. The number of aryl methyl sites for hydroxylation is 1. The predicted molar refractivity (Wildman–Crippen MR) is 54.7 cm³/mol. The van der Waals surface area contributed by atoms with Crippen molar-refractivity contribution in [2.75, 3.05) is 7.11 Å². The molecule has 0 saturated heterocycles. The summed E-state index contributed by atoms with van der Waals surface area (Å²) in [7, 11) is 1.19. The summed E-state index contributed by atoms with van der Waals surface area (Å²) in [6, 6.07) is 1.41. The van der Waals surface area contributed by atoms with Gasteiger partial charge in [0, 0.05) is 11.6 Å². The van der Waals surface area contributed by atoms with E-state index in [2.05, 4.69) is 4.74 Å². The van der Waals surface area contributed by atoms with Crippen molar-refractivity contribution in [1.29, 1.82) is 0 Å². The third-order valence-corrected chi connectivity index (χ3v) is 2.30. The number of nitrogens with two attached hydrogens (primary N) is 1. The van der Waals surface area contributed by atoms with Crippen molar-refractivity contribution in [2.45, 2.75) is 19.4 Å². The number of esters is 1. The molecule has 0 aliphatic heterocycles. The molecule has 0 amide bonds. The standard InChI is InChI=1S/C11H13F2NO2/c1-6-3-4-7(12)10(11(6)13)8(14)5-9(15)16-2/h3-4,8H,5,14H2,1-2H3/t8-/m0/s1. The molecule has 0 aliphatic carbocycles. The molecule has 16 heavy (non-hydrogen) atoms. The van der Waals surface area contributed by atoms with E-state index in [0.29, 0.717) is 0 Å². The van der Waals surface area contributed by atoms with E-state index in [0.717, 1.165) is 6.07 Å². The molecule has 0 saturated carbocycles. The molecule has 5 heteroatoms. The first-order valence-corrected chi connectivity index (χ1v) is 4.74. The summed E-state index contributed by atoms with van der Waals surface area (Å²) in [6.45, 7) is 1.50. The van der Waals surface area contributed by atoms with E-state index in [-0.39, 0.29) is 17.5 Å². The Bertz CT molecular complexity index is 407. The number of carbonyl (C=O) groups is 1. The van der Waals surface area contributed by atoms with Gasteiger partial charge in [0.2, 0.25) is 0 Å². The lowest BCUT2D eigenvalue weighted by atomic mass is 10.0. The highest BCUT2D eigenvalue weighted by Gasteiger charge is 2.21. The smallest absolute Gasteiger partial charge is 0.307 e. The minimum Gasteiger partial charge on any atom is -0.469 e. The summed E-state index contributed by atoms with van der Waals surface area (Å²) in [5.74, 6) is -2.07. The Kier molecular flexibility index (Phi) is 3.95. The number of hydrogen-bond acceptors (Lipinski definition) is 3. The van der Waals surface area contributed by atoms with Gasteiger partial charge in [0.1, 0.15) is 11.6 Å². The summed E-state index contributed by atoms with van der Waals surface area (Å²) in [6.07, 6.45) is -0.256. The van der Waals surface area contributed by atoms with E-state index in [4.69, 9.17) is 5.73 Å². The van der Waals surface area contributed by atoms with Gasteiger partial charge in [-0.15, -0.1) is 0 Å². The van der Waals surface area contributed by atoms with Gasteiger partial charge < -0.3 is 10.5 Å². The average molecular weight is 229 g/mol. The molecular formula is C11H13F2NO2. The van der Waals surface area contributed by atoms with Gasteiger partial charge in [0.05, 0.1) is 13.5 Å². The molecule has 3 nitrogen and oxygen atoms in total. The van der Waals surface area contributed by atoms with E-state index >= 15 is 0 Å². The Morgan fingerprint density at radius 3 is 2.69 bits per heavy atom. The largest absolute Gasteiger partial charge is 0.469 e. The maximum absolute atomic E-state index is 13.6. The molecule has 0 bridgehead atoms. The lowest BCUT2D eigenvalue weighted by molar-refractivity contribution is -0.141. The van der Waals surface area contributed by atoms with Gasteiger partial charge in [-0.05, 0) is 18.6 Å². The third kappa shape index (κ3) is 2.55. The van der Waals surface area contributed by atoms with Crippen LogP contribution in [0, 0.1) is 18.6 Å². The van der Waals surface area contributed by atoms with Gasteiger partial charge >= 0.3 is 5.97 Å². The zero-order valence-electron chi connectivity index (χ0n) is 9.09. The molecule has 0 radical (unpaired) electrons. The highest BCUT2D eigenvalue weighted by molar-refractivity contribution is 5.70. The van der Waals surface area contributed by atoms with Gasteiger partial charge in [-0.3, -0.25) is 4.79 Å². The second-order valence-corrected chi connectivity index (χ2v) is 3.48. The topological polar surface area (TPSA) is 52.3 Å². The van der Waals surface area contributed by atoms with Crippen molar-refractivity contribution in [3.05, 3.63) is 34.9 Å². The minimum atomic E-state index is -1.03. The van der Waals surface area contributed by atoms with Crippen molar-refractivity contribution in [3.8, 4) is 0 Å². The monoisotopic (exact) mass is 229 g/mol. The molecular weight excluding hydrogens is 216 g/mol. The molecule has 0 spiro atoms. The van der Waals surface area contributed by atoms with Crippen molar-refractivity contribution in [3.63, 3.8) is 0 Å². The fourth-order valence-electron chi connectivity index (χ4n) is 1.38. The number of rotatable bonds is 3. The number of carbonyl (C=O) groups excluding carboxylic acids is 1. The van der Waals surface area contributed by atoms with Gasteiger partial charge in [-0.2, -0.15) is 0 Å². The molecule has 0 unspecified atom stereocenters. The van der Waals surface area contributed by atoms with Gasteiger partial charge in [-0.25, -0.2) is 8.78 Å². The van der Waals surface area contributed by atoms with Crippen LogP contribution in [0.5, 0.6) is 0 Å². The molecule has 0 aliphatic rings. The van der Waals surface area contributed by atoms with Crippen LogP contribution in [0.1, 0.15) is 23.6 Å². The first-order chi connectivity index (χ1) is 7.47. The second-order valence-electron chi connectivity index (χ2n) is 3.48. The summed E-state index contributed by atoms with van der Waals surface area (Å²) in [5.41, 5.74) is 5.58. The number of hydrogen-bond donors (Lipinski definition) is 1. The van der Waals surface area contributed by atoms with E-state index < -0.39 is 23.6 Å². The Morgan fingerprint density at radius 2 is 2.12 bits per heavy atom. The highest BCUT2D eigenvalue weighted by atomic mass is 19.1. The maximum Gasteiger partial charge on any atom is 0.307 e. The third-order valence-electron chi connectivity index (χ3n) is 2.30. The second kappa shape index (κ2) is 5.03. The molecule has 0 fully saturated rings. The SMILES string of the molecule is COC(=O)C[C@H](N)c1c(F)ccc(C)c1F. The van der Waals surface area contributed by atoms with Crippen LogP contribution in [-0.2, 0) is 9.53 Å². The van der Waals surface area contributed by atoms with Crippen LogP contribution in [0.2, 0.25) is 0 Å². The van der Waals surface area contributed by atoms with E-state index in [1.54, 1.807) is 0 Å². The molecule has 1 aromatic carbocycles. The lowest BCUT2D eigenvalue weighted by Gasteiger charge is -2.13. The Morgan fingerprint density at radius 1 is 1.50 bits per heavy atom.